The molecule has 0 N–H and O–H groups in total. The van der Waals surface area contributed by atoms with Gasteiger partial charge in [0, 0.05) is 24.4 Å². The minimum absolute atomic E-state index is 0. The smallest absolute Gasteiger partial charge is 0 e. The van der Waals surface area contributed by atoms with Crippen molar-refractivity contribution in [3.05, 3.63) is 0 Å². The van der Waals surface area contributed by atoms with Gasteiger partial charge in [-0.1, -0.05) is 0 Å². The van der Waals surface area contributed by atoms with E-state index >= 15 is 0 Å². The van der Waals surface area contributed by atoms with E-state index in [0.29, 0.717) is 0 Å². The molecule has 0 fully saturated rings. The summed E-state index contributed by atoms with van der Waals surface area (Å²) in [5, 5.41) is 0. The Bertz CT molecular complexity index is 11.6. The monoisotopic (exact) mass is 405 g/mol. The molecule has 0 aliphatic rings. The van der Waals surface area contributed by atoms with Gasteiger partial charge in [0.1, 0.15) is 0 Å². The van der Waals surface area contributed by atoms with E-state index in [4.69, 9.17) is 0 Å². The zero-order valence-corrected chi connectivity index (χ0v) is 3.00. The maximum atomic E-state index is 0. The molecule has 0 aromatic heterocycles. The fourth-order valence-corrected chi connectivity index (χ4v) is 0. The van der Waals surface area contributed by atoms with Gasteiger partial charge in [0.05, 0.1) is 0 Å². The van der Waals surface area contributed by atoms with Crippen LogP contribution < -0.4 is 0 Å². The van der Waals surface area contributed by atoms with Crippen LogP contribution >= 0.6 is 0 Å². The van der Waals surface area contributed by atoms with Crippen LogP contribution in [0.5, 0.6) is 0 Å². The van der Waals surface area contributed by atoms with Crippen LogP contribution in [0.2, 0.25) is 0 Å². The van der Waals surface area contributed by atoms with E-state index in [2.05, 4.69) is 0 Å². The van der Waals surface area contributed by atoms with E-state index < -0.39 is 0 Å². The molecular weight excluding hydrogens is 402 g/mol. The first-order chi connectivity index (χ1) is 0. The summed E-state index contributed by atoms with van der Waals surface area (Å²) in [4.78, 5) is 0. The van der Waals surface area contributed by atoms with E-state index in [1.807, 2.05) is 0 Å². The Morgan fingerprint density at radius 1 is 1.00 bits per heavy atom. The van der Waals surface area contributed by atoms with Crippen molar-refractivity contribution in [3.63, 3.8) is 0 Å². The summed E-state index contributed by atoms with van der Waals surface area (Å²) in [6.45, 7) is 0. The average Bonchev–Trinajstić information content (AvgIpc) is 0. The molecular formula is H4CsKNaRbSb. The Morgan fingerprint density at radius 2 is 1.00 bits per heavy atom. The van der Waals surface area contributed by atoms with Crippen LogP contribution in [-0.4, -0.2) is 232 Å². The summed E-state index contributed by atoms with van der Waals surface area (Å²) in [6.07, 6.45) is 0. The molecule has 0 saturated heterocycles. The third-order valence-corrected chi connectivity index (χ3v) is 0. The van der Waals surface area contributed by atoms with Crippen molar-refractivity contribution in [2.45, 2.75) is 0 Å². The van der Waals surface area contributed by atoms with Crippen LogP contribution in [0.4, 0.5) is 0 Å². The Balaban J connectivity index is 0. The van der Waals surface area contributed by atoms with Gasteiger partial charge in [-0.3, -0.25) is 0 Å². The zero-order valence-electron chi connectivity index (χ0n) is 0.447. The van der Waals surface area contributed by atoms with Crippen LogP contribution in [-0.2, 0) is 0 Å². The topological polar surface area (TPSA) is 0 Å². The molecule has 0 aliphatic carbocycles. The molecule has 5 heavy (non-hydrogen) atoms. The Labute approximate surface area is 223 Å². The maximum absolute atomic E-state index is 0. The minimum atomic E-state index is 0. The molecule has 0 atom stereocenters. The molecule has 5 heteroatoms. The Morgan fingerprint density at radius 3 is 1.00 bits per heavy atom. The zero-order chi connectivity index (χ0) is 0. The molecule has 0 rings (SSSR count). The molecule has 0 spiro atoms. The first-order valence-electron chi connectivity index (χ1n) is 0. The van der Waals surface area contributed by atoms with Gasteiger partial charge in [-0.05, 0) is 0 Å². The third kappa shape index (κ3) is 18.3. The molecule has 0 heterocycles. The van der Waals surface area contributed by atoms with E-state index in [-0.39, 0.29) is 232 Å². The van der Waals surface area contributed by atoms with Gasteiger partial charge in [-0.25, -0.2) is 0 Å². The van der Waals surface area contributed by atoms with E-state index in [1.165, 1.54) is 0 Å². The molecule has 0 nitrogen and oxygen atoms in total. The number of hydrogen-bond acceptors (Lipinski definition) is 0. The van der Waals surface area contributed by atoms with E-state index in [0.717, 1.165) is 0 Å². The summed E-state index contributed by atoms with van der Waals surface area (Å²) in [5.41, 5.74) is 0. The molecule has 0 amide bonds. The van der Waals surface area contributed by atoms with Crippen LogP contribution in [0, 0.1) is 0 Å². The molecule has 0 aromatic carbocycles. The van der Waals surface area contributed by atoms with Crippen molar-refractivity contribution in [2.75, 3.05) is 0 Å². The number of rotatable bonds is 0. The van der Waals surface area contributed by atoms with Gasteiger partial charge in [-0.2, -0.15) is 0 Å². The molecule has 0 unspecified atom stereocenters. The largest absolute Gasteiger partial charge is 0 e. The predicted molar refractivity (Wildman–Crippen MR) is 34.4 cm³/mol. The quantitative estimate of drug-likeness (QED) is 0.377. The van der Waals surface area contributed by atoms with Gasteiger partial charge in [-0.15, -0.1) is 0 Å². The maximum Gasteiger partial charge on any atom is 0 e. The summed E-state index contributed by atoms with van der Waals surface area (Å²) in [5.74, 6) is 0. The minimum Gasteiger partial charge on any atom is 0 e. The molecule has 0 aromatic rings. The van der Waals surface area contributed by atoms with Crippen LogP contribution in [0.3, 0.4) is 0 Å². The van der Waals surface area contributed by atoms with Crippen molar-refractivity contribution in [3.8, 4) is 0 Å². The molecule has 3 radical (unpaired) electrons. The van der Waals surface area contributed by atoms with Crippen LogP contribution in [0.25, 0.3) is 0 Å². The fraction of sp³-hybridized carbons (Fsp3) is 0. The van der Waals surface area contributed by atoms with Crippen LogP contribution in [0.1, 0.15) is 0 Å². The molecule has 0 saturated carbocycles. The second kappa shape index (κ2) is 22.5. The average molecular weight is 406 g/mol. The van der Waals surface area contributed by atoms with Crippen molar-refractivity contribution < 1.29 is 0 Å². The summed E-state index contributed by atoms with van der Waals surface area (Å²) >= 11 is 0. The third-order valence-electron chi connectivity index (χ3n) is 0. The first kappa shape index (κ1) is 29.5. The van der Waals surface area contributed by atoms with E-state index in [1.54, 1.807) is 0 Å². The summed E-state index contributed by atoms with van der Waals surface area (Å²) in [7, 11) is 0. The van der Waals surface area contributed by atoms with E-state index in [9.17, 15) is 0 Å². The van der Waals surface area contributed by atoms with Gasteiger partial charge in [0.25, 0.3) is 0 Å². The van der Waals surface area contributed by atoms with Crippen molar-refractivity contribution >= 4 is 232 Å². The summed E-state index contributed by atoms with van der Waals surface area (Å²) in [6, 6.07) is 0. The van der Waals surface area contributed by atoms with Gasteiger partial charge in [0.2, 0.25) is 0 Å². The molecule has 13 valence electrons. The second-order valence-corrected chi connectivity index (χ2v) is 0. The molecule has 0 aliphatic heterocycles. The van der Waals surface area contributed by atoms with Gasteiger partial charge < -0.3 is 0 Å². The Kier molecular flexibility index (Phi) is 133. The Hall–Kier alpha value is 7.31. The number of hydrogen-bond donors (Lipinski definition) is 0. The van der Waals surface area contributed by atoms with Gasteiger partial charge in [0.15, 0.2) is 0 Å². The predicted octanol–water partition coefficient (Wildman–Crippen LogP) is -2.97. The molecule has 0 bridgehead atoms. The van der Waals surface area contributed by atoms with Crippen LogP contribution in [0.15, 0.2) is 0 Å². The fourth-order valence-electron chi connectivity index (χ4n) is 0. The summed E-state index contributed by atoms with van der Waals surface area (Å²) < 4.78 is 0. The van der Waals surface area contributed by atoms with Gasteiger partial charge >= 0.3 is 208 Å². The van der Waals surface area contributed by atoms with Crippen molar-refractivity contribution in [1.29, 1.82) is 0 Å². The normalized spacial score (nSPS) is 0. The van der Waals surface area contributed by atoms with Crippen molar-refractivity contribution in [2.24, 2.45) is 0 Å². The second-order valence-electron chi connectivity index (χ2n) is 0. The van der Waals surface area contributed by atoms with Crippen molar-refractivity contribution in [1.82, 2.24) is 0 Å². The SMILES string of the molecule is [CsH].[KH].[NaH].[RbH].[Sb]. The first-order valence-corrected chi connectivity index (χ1v) is 0. The standard InChI is InChI=1S/Cs.K.Na.Rb.Sb.4H.